The number of sulfonamides is 1. The molecule has 9 heteroatoms. The first kappa shape index (κ1) is 17.6. The molecule has 21 heavy (non-hydrogen) atoms. The molecule has 0 heterocycles. The molecule has 7 nitrogen and oxygen atoms in total. The Balaban J connectivity index is 3.49. The fourth-order valence-corrected chi connectivity index (χ4v) is 4.00. The normalized spacial score (nSPS) is 11.6. The number of carboxylic acids is 1. The molecule has 0 spiro atoms. The van der Waals surface area contributed by atoms with E-state index in [9.17, 15) is 18.0 Å². The molecular formula is C12H15BrN2O5S. The molecule has 116 valence electrons. The summed E-state index contributed by atoms with van der Waals surface area (Å²) in [7, 11) is -4.02. The minimum atomic E-state index is -4.02. The third-order valence-corrected chi connectivity index (χ3v) is 5.72. The van der Waals surface area contributed by atoms with Gasteiger partial charge in [0.15, 0.2) is 0 Å². The van der Waals surface area contributed by atoms with E-state index in [1.807, 2.05) is 0 Å². The average molecular weight is 379 g/mol. The molecule has 0 unspecified atom stereocenters. The largest absolute Gasteiger partial charge is 0.478 e. The van der Waals surface area contributed by atoms with Crippen molar-refractivity contribution < 1.29 is 23.1 Å². The van der Waals surface area contributed by atoms with Crippen LogP contribution in [0, 0.1) is 6.92 Å². The first-order valence-electron chi connectivity index (χ1n) is 5.93. The van der Waals surface area contributed by atoms with Crippen molar-refractivity contribution in [2.24, 2.45) is 5.73 Å². The Morgan fingerprint density at radius 2 is 1.95 bits per heavy atom. The lowest BCUT2D eigenvalue weighted by Crippen LogP contribution is -2.38. The van der Waals surface area contributed by atoms with E-state index < -0.39 is 28.4 Å². The number of benzene rings is 1. The van der Waals surface area contributed by atoms with Gasteiger partial charge in [-0.25, -0.2) is 13.2 Å². The molecule has 1 aromatic carbocycles. The van der Waals surface area contributed by atoms with Crippen LogP contribution in [0.15, 0.2) is 21.5 Å². The minimum absolute atomic E-state index is 0.0413. The SMILES string of the molecule is CCN(CC(N)=O)S(=O)(=O)c1cc(C(=O)O)cc(Br)c1C. The van der Waals surface area contributed by atoms with Crippen LogP contribution in [0.5, 0.6) is 0 Å². The summed E-state index contributed by atoms with van der Waals surface area (Å²) in [6.07, 6.45) is 0. The highest BCUT2D eigenvalue weighted by molar-refractivity contribution is 9.10. The van der Waals surface area contributed by atoms with Gasteiger partial charge in [-0.1, -0.05) is 22.9 Å². The molecule has 0 atom stereocenters. The molecule has 0 aliphatic rings. The molecule has 0 aliphatic carbocycles. The molecule has 0 saturated heterocycles. The summed E-state index contributed by atoms with van der Waals surface area (Å²) in [5.74, 6) is -2.03. The van der Waals surface area contributed by atoms with Crippen LogP contribution >= 0.6 is 15.9 Å². The maximum Gasteiger partial charge on any atom is 0.335 e. The highest BCUT2D eigenvalue weighted by atomic mass is 79.9. The molecule has 0 fully saturated rings. The fourth-order valence-electron chi connectivity index (χ4n) is 1.72. The standard InChI is InChI=1S/C12H15BrN2O5S/c1-3-15(6-11(14)16)21(19,20)10-5-8(12(17)18)4-9(13)7(10)2/h4-5H,3,6H2,1-2H3,(H2,14,16)(H,17,18). The van der Waals surface area contributed by atoms with Crippen molar-refractivity contribution in [2.75, 3.05) is 13.1 Å². The van der Waals surface area contributed by atoms with Crippen molar-refractivity contribution in [3.8, 4) is 0 Å². The Hall–Kier alpha value is -1.45. The number of carbonyl (C=O) groups is 2. The molecule has 0 aliphatic heterocycles. The van der Waals surface area contributed by atoms with E-state index in [-0.39, 0.29) is 17.0 Å². The molecule has 0 saturated carbocycles. The zero-order valence-electron chi connectivity index (χ0n) is 11.5. The predicted molar refractivity (Wildman–Crippen MR) is 79.5 cm³/mol. The second-order valence-electron chi connectivity index (χ2n) is 4.28. The summed E-state index contributed by atoms with van der Waals surface area (Å²) in [5.41, 5.74) is 5.24. The van der Waals surface area contributed by atoms with Crippen molar-refractivity contribution >= 4 is 37.8 Å². The van der Waals surface area contributed by atoms with Crippen LogP contribution in [0.4, 0.5) is 0 Å². The number of nitrogens with two attached hydrogens (primary N) is 1. The van der Waals surface area contributed by atoms with Gasteiger partial charge in [0, 0.05) is 11.0 Å². The van der Waals surface area contributed by atoms with Gasteiger partial charge in [0.1, 0.15) is 0 Å². The molecule has 1 aromatic rings. The first-order chi connectivity index (χ1) is 9.61. The Morgan fingerprint density at radius 1 is 1.38 bits per heavy atom. The van der Waals surface area contributed by atoms with Crippen LogP contribution in [0.3, 0.4) is 0 Å². The molecule has 0 aromatic heterocycles. The number of hydrogen-bond acceptors (Lipinski definition) is 4. The fraction of sp³-hybridized carbons (Fsp3) is 0.333. The Labute approximate surface area is 130 Å². The van der Waals surface area contributed by atoms with Crippen molar-refractivity contribution in [3.05, 3.63) is 27.7 Å². The zero-order valence-corrected chi connectivity index (χ0v) is 13.9. The summed E-state index contributed by atoms with van der Waals surface area (Å²) >= 11 is 3.14. The number of primary amides is 1. The van der Waals surface area contributed by atoms with Gasteiger partial charge in [-0.15, -0.1) is 0 Å². The van der Waals surface area contributed by atoms with Gasteiger partial charge < -0.3 is 10.8 Å². The van der Waals surface area contributed by atoms with E-state index in [2.05, 4.69) is 15.9 Å². The van der Waals surface area contributed by atoms with Crippen molar-refractivity contribution in [2.45, 2.75) is 18.7 Å². The maximum absolute atomic E-state index is 12.6. The van der Waals surface area contributed by atoms with Crippen LogP contribution in [0.1, 0.15) is 22.8 Å². The summed E-state index contributed by atoms with van der Waals surface area (Å²) in [5, 5.41) is 9.03. The lowest BCUT2D eigenvalue weighted by Gasteiger charge is -2.20. The summed E-state index contributed by atoms with van der Waals surface area (Å²) < 4.78 is 26.4. The zero-order chi connectivity index (χ0) is 16.4. The number of aromatic carboxylic acids is 1. The molecule has 0 radical (unpaired) electrons. The number of carboxylic acid groups (broad SMARTS) is 1. The van der Waals surface area contributed by atoms with E-state index in [4.69, 9.17) is 10.8 Å². The van der Waals surface area contributed by atoms with E-state index in [0.29, 0.717) is 10.0 Å². The van der Waals surface area contributed by atoms with Crippen LogP contribution < -0.4 is 5.73 Å². The lowest BCUT2D eigenvalue weighted by molar-refractivity contribution is -0.118. The Bertz CT molecular complexity index is 687. The van der Waals surface area contributed by atoms with E-state index >= 15 is 0 Å². The maximum atomic E-state index is 12.6. The number of rotatable bonds is 6. The molecule has 3 N–H and O–H groups in total. The van der Waals surface area contributed by atoms with Gasteiger partial charge in [0.05, 0.1) is 17.0 Å². The highest BCUT2D eigenvalue weighted by Crippen LogP contribution is 2.28. The van der Waals surface area contributed by atoms with E-state index in [0.717, 1.165) is 10.4 Å². The Kier molecular flexibility index (Phi) is 5.48. The predicted octanol–water partition coefficient (Wildman–Crippen LogP) is 0.952. The number of nitrogens with zero attached hydrogens (tertiary/aromatic N) is 1. The minimum Gasteiger partial charge on any atom is -0.478 e. The van der Waals surface area contributed by atoms with Crippen LogP contribution in [0.2, 0.25) is 0 Å². The number of carbonyl (C=O) groups excluding carboxylic acids is 1. The van der Waals surface area contributed by atoms with Gasteiger partial charge >= 0.3 is 5.97 Å². The summed E-state index contributed by atoms with van der Waals surface area (Å²) in [6, 6.07) is 2.39. The van der Waals surface area contributed by atoms with Crippen molar-refractivity contribution in [1.82, 2.24) is 4.31 Å². The summed E-state index contributed by atoms with van der Waals surface area (Å²) in [4.78, 5) is 21.9. The second-order valence-corrected chi connectivity index (χ2v) is 7.04. The molecule has 1 rings (SSSR count). The quantitative estimate of drug-likeness (QED) is 0.763. The number of likely N-dealkylation sites (N-methyl/N-ethyl adjacent to an activating group) is 1. The lowest BCUT2D eigenvalue weighted by atomic mass is 10.1. The van der Waals surface area contributed by atoms with Crippen molar-refractivity contribution in [1.29, 1.82) is 0 Å². The third kappa shape index (κ3) is 3.80. The third-order valence-electron chi connectivity index (χ3n) is 2.85. The van der Waals surface area contributed by atoms with E-state index in [1.165, 1.54) is 6.07 Å². The van der Waals surface area contributed by atoms with Gasteiger partial charge in [-0.2, -0.15) is 4.31 Å². The van der Waals surface area contributed by atoms with Crippen LogP contribution in [0.25, 0.3) is 0 Å². The van der Waals surface area contributed by atoms with Gasteiger partial charge in [-0.05, 0) is 24.6 Å². The highest BCUT2D eigenvalue weighted by Gasteiger charge is 2.28. The topological polar surface area (TPSA) is 118 Å². The second kappa shape index (κ2) is 6.54. The smallest absolute Gasteiger partial charge is 0.335 e. The van der Waals surface area contributed by atoms with Crippen molar-refractivity contribution in [3.63, 3.8) is 0 Å². The Morgan fingerprint density at radius 3 is 2.38 bits per heavy atom. The monoisotopic (exact) mass is 378 g/mol. The number of halogens is 1. The summed E-state index contributed by atoms with van der Waals surface area (Å²) in [6.45, 7) is 2.68. The van der Waals surface area contributed by atoms with Crippen LogP contribution in [-0.2, 0) is 14.8 Å². The van der Waals surface area contributed by atoms with Gasteiger partial charge in [0.25, 0.3) is 0 Å². The number of hydrogen-bond donors (Lipinski definition) is 2. The molecular weight excluding hydrogens is 364 g/mol. The molecule has 1 amide bonds. The van der Waals surface area contributed by atoms with Gasteiger partial charge in [0.2, 0.25) is 15.9 Å². The molecule has 0 bridgehead atoms. The van der Waals surface area contributed by atoms with Crippen LogP contribution in [-0.4, -0.2) is 42.8 Å². The van der Waals surface area contributed by atoms with E-state index in [1.54, 1.807) is 13.8 Å². The first-order valence-corrected chi connectivity index (χ1v) is 8.16. The number of amides is 1. The van der Waals surface area contributed by atoms with Gasteiger partial charge in [-0.3, -0.25) is 4.79 Å². The average Bonchev–Trinajstić information content (AvgIpc) is 2.37.